The highest BCUT2D eigenvalue weighted by Crippen LogP contribution is 2.45. The van der Waals surface area contributed by atoms with Gasteiger partial charge in [-0.25, -0.2) is 0 Å². The average molecular weight is 433 g/mol. The molecule has 1 unspecified atom stereocenters. The number of carbonyl (C=O) groups is 1. The monoisotopic (exact) mass is 432 g/mol. The SMILES string of the molecule is CNC1CC(C)(C)c2ccc(C(=O)N3CCC4(CC3)CCN(c3ccncc3)CC4)cc21. The summed E-state index contributed by atoms with van der Waals surface area (Å²) in [4.78, 5) is 22.1. The van der Waals surface area contributed by atoms with Gasteiger partial charge in [0.1, 0.15) is 0 Å². The van der Waals surface area contributed by atoms with Gasteiger partial charge in [-0.1, -0.05) is 19.9 Å². The third-order valence-electron chi connectivity index (χ3n) is 8.43. The third kappa shape index (κ3) is 3.81. The molecule has 1 aromatic carbocycles. The molecule has 3 aliphatic rings. The standard InChI is InChI=1S/C27H36N4O/c1-26(2)19-24(28-3)22-18-20(4-5-23(22)26)25(32)31-16-10-27(11-17-31)8-14-30(15-9-27)21-6-12-29-13-7-21/h4-7,12-13,18,24,28H,8-11,14-17,19H2,1-3H3. The number of nitrogens with zero attached hydrogens (tertiary/aromatic N) is 3. The van der Waals surface area contributed by atoms with E-state index in [0.29, 0.717) is 11.5 Å². The predicted octanol–water partition coefficient (Wildman–Crippen LogP) is 4.55. The molecule has 3 heterocycles. The minimum atomic E-state index is 0.160. The normalized spacial score (nSPS) is 23.9. The smallest absolute Gasteiger partial charge is 0.253 e. The molecule has 0 radical (unpaired) electrons. The molecule has 2 aliphatic heterocycles. The zero-order valence-electron chi connectivity index (χ0n) is 19.7. The van der Waals surface area contributed by atoms with Crippen molar-refractivity contribution in [2.45, 2.75) is 57.4 Å². The van der Waals surface area contributed by atoms with Crippen molar-refractivity contribution in [2.75, 3.05) is 38.1 Å². The second kappa shape index (κ2) is 8.18. The Morgan fingerprint density at radius 3 is 2.31 bits per heavy atom. The Morgan fingerprint density at radius 1 is 1.00 bits per heavy atom. The first-order valence-corrected chi connectivity index (χ1v) is 12.2. The first-order chi connectivity index (χ1) is 15.4. The Morgan fingerprint density at radius 2 is 1.66 bits per heavy atom. The molecule has 1 amide bonds. The highest BCUT2D eigenvalue weighted by Gasteiger charge is 2.40. The number of hydrogen-bond acceptors (Lipinski definition) is 4. The lowest BCUT2D eigenvalue weighted by atomic mass is 9.71. The molecule has 1 spiro atoms. The summed E-state index contributed by atoms with van der Waals surface area (Å²) in [7, 11) is 2.02. The van der Waals surface area contributed by atoms with Gasteiger partial charge in [-0.05, 0) is 85.4 Å². The van der Waals surface area contributed by atoms with Crippen LogP contribution < -0.4 is 10.2 Å². The number of piperidine rings is 2. The number of hydrogen-bond donors (Lipinski definition) is 1. The Balaban J connectivity index is 1.22. The van der Waals surface area contributed by atoms with Crippen molar-refractivity contribution in [3.8, 4) is 0 Å². The fraction of sp³-hybridized carbons (Fsp3) is 0.556. The lowest BCUT2D eigenvalue weighted by Gasteiger charge is -2.47. The van der Waals surface area contributed by atoms with Gasteiger partial charge in [-0.15, -0.1) is 0 Å². The van der Waals surface area contributed by atoms with Crippen LogP contribution in [-0.2, 0) is 5.41 Å². The van der Waals surface area contributed by atoms with Crippen molar-refractivity contribution in [1.82, 2.24) is 15.2 Å². The quantitative estimate of drug-likeness (QED) is 0.773. The average Bonchev–Trinajstić information content (AvgIpc) is 3.10. The van der Waals surface area contributed by atoms with Gasteiger partial charge in [0.05, 0.1) is 0 Å². The molecule has 32 heavy (non-hydrogen) atoms. The van der Waals surface area contributed by atoms with E-state index in [2.05, 4.69) is 64.3 Å². The Hall–Kier alpha value is -2.40. The minimum absolute atomic E-state index is 0.160. The first-order valence-electron chi connectivity index (χ1n) is 12.2. The molecular formula is C27H36N4O. The lowest BCUT2D eigenvalue weighted by molar-refractivity contribution is 0.0515. The molecule has 170 valence electrons. The van der Waals surface area contributed by atoms with E-state index in [-0.39, 0.29) is 11.3 Å². The van der Waals surface area contributed by atoms with E-state index in [4.69, 9.17) is 0 Å². The molecule has 5 nitrogen and oxygen atoms in total. The number of rotatable bonds is 3. The van der Waals surface area contributed by atoms with Crippen LogP contribution in [0.1, 0.15) is 73.5 Å². The van der Waals surface area contributed by atoms with Gasteiger partial charge in [0.2, 0.25) is 0 Å². The van der Waals surface area contributed by atoms with Crippen molar-refractivity contribution >= 4 is 11.6 Å². The summed E-state index contributed by atoms with van der Waals surface area (Å²) in [6.07, 6.45) is 9.52. The fourth-order valence-corrected chi connectivity index (χ4v) is 6.25. The molecule has 0 bridgehead atoms. The molecule has 5 rings (SSSR count). The maximum atomic E-state index is 13.4. The van der Waals surface area contributed by atoms with E-state index >= 15 is 0 Å². The largest absolute Gasteiger partial charge is 0.371 e. The Kier molecular flexibility index (Phi) is 5.48. The number of anilines is 1. The van der Waals surface area contributed by atoms with Gasteiger partial charge < -0.3 is 15.1 Å². The molecule has 1 N–H and O–H groups in total. The van der Waals surface area contributed by atoms with Crippen LogP contribution in [0.4, 0.5) is 5.69 Å². The van der Waals surface area contributed by atoms with E-state index in [1.54, 1.807) is 0 Å². The van der Waals surface area contributed by atoms with Crippen LogP contribution in [0.2, 0.25) is 0 Å². The lowest BCUT2D eigenvalue weighted by Crippen LogP contribution is -2.48. The highest BCUT2D eigenvalue weighted by molar-refractivity contribution is 5.94. The topological polar surface area (TPSA) is 48.5 Å². The van der Waals surface area contributed by atoms with Crippen LogP contribution in [0.3, 0.4) is 0 Å². The van der Waals surface area contributed by atoms with Crippen LogP contribution in [0.5, 0.6) is 0 Å². The molecule has 2 aromatic rings. The number of nitrogens with one attached hydrogen (secondary N) is 1. The van der Waals surface area contributed by atoms with Crippen molar-refractivity contribution < 1.29 is 4.79 Å². The summed E-state index contributed by atoms with van der Waals surface area (Å²) in [5.41, 5.74) is 5.38. The zero-order valence-corrected chi connectivity index (χ0v) is 19.7. The molecule has 1 aliphatic carbocycles. The third-order valence-corrected chi connectivity index (χ3v) is 8.43. The molecule has 2 saturated heterocycles. The summed E-state index contributed by atoms with van der Waals surface area (Å²) < 4.78 is 0. The van der Waals surface area contributed by atoms with Crippen molar-refractivity contribution in [3.63, 3.8) is 0 Å². The number of likely N-dealkylation sites (tertiary alicyclic amines) is 1. The number of aromatic nitrogens is 1. The molecule has 0 saturated carbocycles. The Bertz CT molecular complexity index is 968. The first kappa shape index (κ1) is 21.4. The van der Waals surface area contributed by atoms with E-state index in [1.165, 1.54) is 29.7 Å². The van der Waals surface area contributed by atoms with Crippen LogP contribution in [0, 0.1) is 5.41 Å². The summed E-state index contributed by atoms with van der Waals surface area (Å²) in [5, 5.41) is 3.44. The van der Waals surface area contributed by atoms with Gasteiger partial charge in [0.25, 0.3) is 5.91 Å². The van der Waals surface area contributed by atoms with Crippen LogP contribution in [0.15, 0.2) is 42.7 Å². The number of fused-ring (bicyclic) bond motifs is 1. The summed E-state index contributed by atoms with van der Waals surface area (Å²) >= 11 is 0. The minimum Gasteiger partial charge on any atom is -0.371 e. The second-order valence-electron chi connectivity index (χ2n) is 10.7. The summed E-state index contributed by atoms with van der Waals surface area (Å²) in [5.74, 6) is 0.205. The number of carbonyl (C=O) groups excluding carboxylic acids is 1. The van der Waals surface area contributed by atoms with E-state index in [1.807, 2.05) is 19.4 Å². The molecular weight excluding hydrogens is 396 g/mol. The molecule has 5 heteroatoms. The van der Waals surface area contributed by atoms with Crippen LogP contribution >= 0.6 is 0 Å². The van der Waals surface area contributed by atoms with Gasteiger partial charge in [0, 0.05) is 55.9 Å². The van der Waals surface area contributed by atoms with E-state index < -0.39 is 0 Å². The van der Waals surface area contributed by atoms with Gasteiger partial charge in [0.15, 0.2) is 0 Å². The van der Waals surface area contributed by atoms with E-state index in [0.717, 1.165) is 51.0 Å². The number of benzene rings is 1. The molecule has 1 atom stereocenters. The molecule has 2 fully saturated rings. The number of pyridine rings is 1. The van der Waals surface area contributed by atoms with Gasteiger partial charge in [-0.3, -0.25) is 9.78 Å². The van der Waals surface area contributed by atoms with Crippen LogP contribution in [0.25, 0.3) is 0 Å². The Labute approximate surface area is 192 Å². The number of amides is 1. The summed E-state index contributed by atoms with van der Waals surface area (Å²) in [6.45, 7) is 8.57. The highest BCUT2D eigenvalue weighted by atomic mass is 16.2. The van der Waals surface area contributed by atoms with E-state index in [9.17, 15) is 4.79 Å². The predicted molar refractivity (Wildman–Crippen MR) is 129 cm³/mol. The fourth-order valence-electron chi connectivity index (χ4n) is 6.25. The maximum absolute atomic E-state index is 13.4. The summed E-state index contributed by atoms with van der Waals surface area (Å²) in [6, 6.07) is 11.0. The van der Waals surface area contributed by atoms with Gasteiger partial charge in [-0.2, -0.15) is 0 Å². The van der Waals surface area contributed by atoms with Crippen molar-refractivity contribution in [2.24, 2.45) is 5.41 Å². The van der Waals surface area contributed by atoms with Gasteiger partial charge >= 0.3 is 0 Å². The van der Waals surface area contributed by atoms with Crippen LogP contribution in [-0.4, -0.2) is 49.0 Å². The molecule has 1 aromatic heterocycles. The second-order valence-corrected chi connectivity index (χ2v) is 10.7. The van der Waals surface area contributed by atoms with Crippen molar-refractivity contribution in [3.05, 3.63) is 59.4 Å². The van der Waals surface area contributed by atoms with Crippen molar-refractivity contribution in [1.29, 1.82) is 0 Å². The zero-order chi connectivity index (χ0) is 22.3. The maximum Gasteiger partial charge on any atom is 0.253 e.